The summed E-state index contributed by atoms with van der Waals surface area (Å²) >= 11 is 0. The summed E-state index contributed by atoms with van der Waals surface area (Å²) in [6.07, 6.45) is 0.940. The number of hydrogen-bond acceptors (Lipinski definition) is 3. The van der Waals surface area contributed by atoms with Gasteiger partial charge >= 0.3 is 0 Å². The SMILES string of the molecule is CCNC(=NCc1cccc(C(=O)NCCN(C)C)c1)NCCc1cc(C)cc(C)c1. The normalized spacial score (nSPS) is 11.5. The zero-order valence-corrected chi connectivity index (χ0v) is 19.6. The van der Waals surface area contributed by atoms with Crippen LogP contribution in [-0.2, 0) is 13.0 Å². The first kappa shape index (κ1) is 24.4. The van der Waals surface area contributed by atoms with E-state index in [9.17, 15) is 4.79 Å². The number of guanidine groups is 1. The second-order valence-electron chi connectivity index (χ2n) is 8.13. The molecule has 3 N–H and O–H groups in total. The number of amides is 1. The van der Waals surface area contributed by atoms with E-state index in [1.54, 1.807) is 0 Å². The molecule has 168 valence electrons. The number of aryl methyl sites for hydroxylation is 2. The third-order valence-corrected chi connectivity index (χ3v) is 4.79. The quantitative estimate of drug-likeness (QED) is 0.406. The molecule has 0 fully saturated rings. The Morgan fingerprint density at radius 1 is 0.935 bits per heavy atom. The number of hydrogen-bond donors (Lipinski definition) is 3. The maximum atomic E-state index is 12.4. The number of carbonyl (C=O) groups excluding carboxylic acids is 1. The van der Waals surface area contributed by atoms with E-state index in [-0.39, 0.29) is 5.91 Å². The molecule has 6 nitrogen and oxygen atoms in total. The summed E-state index contributed by atoms with van der Waals surface area (Å²) in [4.78, 5) is 19.1. The molecule has 0 radical (unpaired) electrons. The minimum atomic E-state index is -0.0499. The van der Waals surface area contributed by atoms with Crippen molar-refractivity contribution in [1.82, 2.24) is 20.9 Å². The summed E-state index contributed by atoms with van der Waals surface area (Å²) in [6, 6.07) is 14.3. The summed E-state index contributed by atoms with van der Waals surface area (Å²) in [6.45, 7) is 9.88. The van der Waals surface area contributed by atoms with Crippen LogP contribution < -0.4 is 16.0 Å². The van der Waals surface area contributed by atoms with Gasteiger partial charge in [0.1, 0.15) is 0 Å². The van der Waals surface area contributed by atoms with Gasteiger partial charge in [-0.1, -0.05) is 41.5 Å². The molecule has 0 heterocycles. The van der Waals surface area contributed by atoms with Crippen LogP contribution in [0.2, 0.25) is 0 Å². The molecular formula is C25H37N5O. The van der Waals surface area contributed by atoms with Crippen LogP contribution in [-0.4, -0.2) is 57.0 Å². The summed E-state index contributed by atoms with van der Waals surface area (Å²) in [5.74, 6) is 0.735. The second-order valence-corrected chi connectivity index (χ2v) is 8.13. The van der Waals surface area contributed by atoms with E-state index in [0.29, 0.717) is 18.7 Å². The zero-order valence-electron chi connectivity index (χ0n) is 19.6. The summed E-state index contributed by atoms with van der Waals surface area (Å²) in [7, 11) is 3.98. The largest absolute Gasteiger partial charge is 0.357 e. The average molecular weight is 424 g/mol. The highest BCUT2D eigenvalue weighted by atomic mass is 16.1. The van der Waals surface area contributed by atoms with Gasteiger partial charge in [-0.15, -0.1) is 0 Å². The molecule has 0 aromatic heterocycles. The van der Waals surface area contributed by atoms with Crippen molar-refractivity contribution in [3.8, 4) is 0 Å². The molecule has 0 atom stereocenters. The molecule has 0 spiro atoms. The average Bonchev–Trinajstić information content (AvgIpc) is 2.71. The molecule has 0 aliphatic carbocycles. The highest BCUT2D eigenvalue weighted by Gasteiger charge is 2.06. The van der Waals surface area contributed by atoms with Gasteiger partial charge in [-0.05, 0) is 64.5 Å². The fraction of sp³-hybridized carbons (Fsp3) is 0.440. The van der Waals surface area contributed by atoms with Crippen molar-refractivity contribution in [2.24, 2.45) is 4.99 Å². The Hall–Kier alpha value is -2.86. The van der Waals surface area contributed by atoms with Gasteiger partial charge in [0.25, 0.3) is 5.91 Å². The summed E-state index contributed by atoms with van der Waals surface area (Å²) < 4.78 is 0. The number of aliphatic imine (C=N–C) groups is 1. The lowest BCUT2D eigenvalue weighted by molar-refractivity contribution is 0.0951. The molecule has 2 rings (SSSR count). The van der Waals surface area contributed by atoms with Crippen molar-refractivity contribution in [3.63, 3.8) is 0 Å². The molecule has 2 aromatic carbocycles. The fourth-order valence-corrected chi connectivity index (χ4v) is 3.36. The molecule has 0 aliphatic rings. The first-order chi connectivity index (χ1) is 14.9. The van der Waals surface area contributed by atoms with Crippen LogP contribution in [0, 0.1) is 13.8 Å². The molecule has 0 aliphatic heterocycles. The first-order valence-electron chi connectivity index (χ1n) is 11.0. The van der Waals surface area contributed by atoms with E-state index in [0.717, 1.165) is 37.6 Å². The third kappa shape index (κ3) is 9.22. The Morgan fingerprint density at radius 3 is 2.35 bits per heavy atom. The van der Waals surface area contributed by atoms with Crippen molar-refractivity contribution in [1.29, 1.82) is 0 Å². The molecule has 0 saturated heterocycles. The molecular weight excluding hydrogens is 386 g/mol. The molecule has 1 amide bonds. The zero-order chi connectivity index (χ0) is 22.6. The maximum Gasteiger partial charge on any atom is 0.251 e. The molecule has 0 bridgehead atoms. The van der Waals surface area contributed by atoms with Crippen molar-refractivity contribution in [3.05, 3.63) is 70.3 Å². The molecule has 0 unspecified atom stereocenters. The monoisotopic (exact) mass is 423 g/mol. The predicted molar refractivity (Wildman–Crippen MR) is 130 cm³/mol. The Bertz CT molecular complexity index is 856. The number of likely N-dealkylation sites (N-methyl/N-ethyl adjacent to an activating group) is 1. The van der Waals surface area contributed by atoms with Crippen LogP contribution in [0.5, 0.6) is 0 Å². The van der Waals surface area contributed by atoms with Gasteiger partial charge in [-0.25, -0.2) is 4.99 Å². The third-order valence-electron chi connectivity index (χ3n) is 4.79. The maximum absolute atomic E-state index is 12.4. The molecule has 31 heavy (non-hydrogen) atoms. The van der Waals surface area contributed by atoms with Crippen molar-refractivity contribution < 1.29 is 4.79 Å². The van der Waals surface area contributed by atoms with E-state index < -0.39 is 0 Å². The predicted octanol–water partition coefficient (Wildman–Crippen LogP) is 2.89. The van der Waals surface area contributed by atoms with Gasteiger partial charge in [0, 0.05) is 31.7 Å². The van der Waals surface area contributed by atoms with Crippen LogP contribution in [0.4, 0.5) is 0 Å². The minimum Gasteiger partial charge on any atom is -0.357 e. The Labute approximate surface area is 187 Å². The summed E-state index contributed by atoms with van der Waals surface area (Å²) in [5.41, 5.74) is 5.59. The fourth-order valence-electron chi connectivity index (χ4n) is 3.36. The van der Waals surface area contributed by atoms with Gasteiger partial charge in [-0.3, -0.25) is 4.79 Å². The van der Waals surface area contributed by atoms with Gasteiger partial charge in [-0.2, -0.15) is 0 Å². The van der Waals surface area contributed by atoms with E-state index in [2.05, 4.69) is 54.9 Å². The van der Waals surface area contributed by atoms with Crippen molar-refractivity contribution >= 4 is 11.9 Å². The number of carbonyl (C=O) groups is 1. The van der Waals surface area contributed by atoms with E-state index in [4.69, 9.17) is 4.99 Å². The molecule has 6 heteroatoms. The van der Waals surface area contributed by atoms with Crippen LogP contribution in [0.1, 0.15) is 39.5 Å². The smallest absolute Gasteiger partial charge is 0.251 e. The van der Waals surface area contributed by atoms with Crippen LogP contribution >= 0.6 is 0 Å². The van der Waals surface area contributed by atoms with Crippen LogP contribution in [0.3, 0.4) is 0 Å². The topological polar surface area (TPSA) is 68.8 Å². The Morgan fingerprint density at radius 2 is 1.68 bits per heavy atom. The Kier molecular flexibility index (Phi) is 10.0. The number of rotatable bonds is 10. The van der Waals surface area contributed by atoms with Gasteiger partial charge in [0.15, 0.2) is 5.96 Å². The van der Waals surface area contributed by atoms with E-state index >= 15 is 0 Å². The standard InChI is InChI=1S/C25H37N5O/c1-6-26-25(28-11-10-21-15-19(2)14-20(3)16-21)29-18-22-8-7-9-23(17-22)24(31)27-12-13-30(4)5/h7-9,14-17H,6,10-13,18H2,1-5H3,(H,27,31)(H2,26,28,29). The number of benzene rings is 2. The minimum absolute atomic E-state index is 0.0499. The van der Waals surface area contributed by atoms with Crippen molar-refractivity contribution in [2.75, 3.05) is 40.3 Å². The lowest BCUT2D eigenvalue weighted by atomic mass is 10.1. The van der Waals surface area contributed by atoms with Crippen LogP contribution in [0.25, 0.3) is 0 Å². The first-order valence-corrected chi connectivity index (χ1v) is 11.0. The second kappa shape index (κ2) is 12.7. The molecule has 2 aromatic rings. The number of nitrogens with zero attached hydrogens (tertiary/aromatic N) is 2. The van der Waals surface area contributed by atoms with Crippen LogP contribution in [0.15, 0.2) is 47.5 Å². The lowest BCUT2D eigenvalue weighted by Gasteiger charge is -2.12. The molecule has 0 saturated carbocycles. The number of nitrogens with one attached hydrogen (secondary N) is 3. The van der Waals surface area contributed by atoms with E-state index in [1.165, 1.54) is 16.7 Å². The highest BCUT2D eigenvalue weighted by molar-refractivity contribution is 5.94. The van der Waals surface area contributed by atoms with Gasteiger partial charge in [0.2, 0.25) is 0 Å². The summed E-state index contributed by atoms with van der Waals surface area (Å²) in [5, 5.41) is 9.65. The van der Waals surface area contributed by atoms with Crippen molar-refractivity contribution in [2.45, 2.75) is 33.7 Å². The van der Waals surface area contributed by atoms with Gasteiger partial charge < -0.3 is 20.9 Å². The highest BCUT2D eigenvalue weighted by Crippen LogP contribution is 2.09. The lowest BCUT2D eigenvalue weighted by Crippen LogP contribution is -2.38. The Balaban J connectivity index is 1.92. The van der Waals surface area contributed by atoms with E-state index in [1.807, 2.05) is 43.3 Å². The van der Waals surface area contributed by atoms with Gasteiger partial charge in [0.05, 0.1) is 6.54 Å².